The molecule has 4 nitrogen and oxygen atoms in total. The first-order valence-corrected chi connectivity index (χ1v) is 5.59. The van der Waals surface area contributed by atoms with E-state index in [9.17, 15) is 4.79 Å². The Morgan fingerprint density at radius 2 is 1.94 bits per heavy atom. The number of benzene rings is 1. The van der Waals surface area contributed by atoms with Crippen LogP contribution >= 0.6 is 0 Å². The van der Waals surface area contributed by atoms with Crippen molar-refractivity contribution in [1.82, 2.24) is 10.2 Å². The summed E-state index contributed by atoms with van der Waals surface area (Å²) < 4.78 is 0. The molecule has 1 aromatic heterocycles. The Morgan fingerprint density at radius 3 is 2.47 bits per heavy atom. The van der Waals surface area contributed by atoms with Crippen LogP contribution in [0.25, 0.3) is 0 Å². The Labute approximate surface area is 98.3 Å². The highest BCUT2D eigenvalue weighted by Gasteiger charge is 2.24. The van der Waals surface area contributed by atoms with Crippen molar-refractivity contribution >= 4 is 5.97 Å². The summed E-state index contributed by atoms with van der Waals surface area (Å²) in [6, 6.07) is 9.97. The van der Waals surface area contributed by atoms with Gasteiger partial charge in [0.2, 0.25) is 0 Å². The maximum Gasteiger partial charge on any atom is 0.356 e. The lowest BCUT2D eigenvalue weighted by atomic mass is 10.0. The molecular formula is C13H12N2O2. The summed E-state index contributed by atoms with van der Waals surface area (Å²) in [4.78, 5) is 10.8. The first-order chi connectivity index (χ1) is 8.24. The molecule has 0 unspecified atom stereocenters. The minimum atomic E-state index is -0.983. The average Bonchev–Trinajstić information content (AvgIpc) is 2.95. The van der Waals surface area contributed by atoms with Crippen LogP contribution in [0, 0.1) is 0 Å². The number of hydrogen-bond donors (Lipinski definition) is 2. The van der Waals surface area contributed by atoms with Crippen molar-refractivity contribution < 1.29 is 9.90 Å². The number of carboxylic acids is 1. The highest BCUT2D eigenvalue weighted by atomic mass is 16.4. The van der Waals surface area contributed by atoms with E-state index in [-0.39, 0.29) is 5.69 Å². The molecule has 0 atom stereocenters. The smallest absolute Gasteiger partial charge is 0.356 e. The highest BCUT2D eigenvalue weighted by Crippen LogP contribution is 2.32. The molecule has 0 bridgehead atoms. The fraction of sp³-hybridized carbons (Fsp3) is 0.231. The number of nitrogens with one attached hydrogen (secondary N) is 1. The Bertz CT molecular complexity index is 549. The van der Waals surface area contributed by atoms with Gasteiger partial charge in [-0.3, -0.25) is 5.10 Å². The largest absolute Gasteiger partial charge is 0.476 e. The summed E-state index contributed by atoms with van der Waals surface area (Å²) in [5.41, 5.74) is 3.71. The fourth-order valence-electron chi connectivity index (χ4n) is 2.43. The number of aromatic amines is 1. The standard InChI is InChI=1S/C13H12N2O2/c16-13(17)12-7-11(14-15-12)10-5-8-3-1-2-4-9(8)6-10/h1-4,7,10H,5-6H2,(H,14,15)(H,16,17). The van der Waals surface area contributed by atoms with Crippen LogP contribution < -0.4 is 0 Å². The van der Waals surface area contributed by atoms with Crippen LogP contribution in [-0.4, -0.2) is 21.3 Å². The minimum Gasteiger partial charge on any atom is -0.476 e. The Balaban J connectivity index is 1.86. The van der Waals surface area contributed by atoms with Crippen molar-refractivity contribution in [2.75, 3.05) is 0 Å². The molecule has 3 rings (SSSR count). The molecule has 0 amide bonds. The number of aromatic nitrogens is 2. The molecule has 1 aliphatic carbocycles. The van der Waals surface area contributed by atoms with Gasteiger partial charge in [-0.15, -0.1) is 0 Å². The van der Waals surface area contributed by atoms with Gasteiger partial charge in [0.15, 0.2) is 5.69 Å². The van der Waals surface area contributed by atoms with E-state index < -0.39 is 5.97 Å². The van der Waals surface area contributed by atoms with Crippen molar-refractivity contribution in [2.24, 2.45) is 0 Å². The van der Waals surface area contributed by atoms with Crippen molar-refractivity contribution in [2.45, 2.75) is 18.8 Å². The molecule has 86 valence electrons. The molecular weight excluding hydrogens is 216 g/mol. The Hall–Kier alpha value is -2.10. The van der Waals surface area contributed by atoms with Crippen LogP contribution in [0.1, 0.15) is 33.2 Å². The number of carboxylic acid groups (broad SMARTS) is 1. The average molecular weight is 228 g/mol. The van der Waals surface area contributed by atoms with E-state index in [0.29, 0.717) is 5.92 Å². The fourth-order valence-corrected chi connectivity index (χ4v) is 2.43. The Kier molecular flexibility index (Phi) is 2.21. The number of nitrogens with zero attached hydrogens (tertiary/aromatic N) is 1. The molecule has 17 heavy (non-hydrogen) atoms. The van der Waals surface area contributed by atoms with E-state index in [1.54, 1.807) is 6.07 Å². The van der Waals surface area contributed by atoms with E-state index in [1.165, 1.54) is 11.1 Å². The molecule has 0 saturated carbocycles. The number of rotatable bonds is 2. The molecule has 0 fully saturated rings. The maximum atomic E-state index is 10.8. The van der Waals surface area contributed by atoms with Crippen molar-refractivity contribution in [3.05, 3.63) is 52.8 Å². The van der Waals surface area contributed by atoms with E-state index >= 15 is 0 Å². The van der Waals surface area contributed by atoms with Gasteiger partial charge in [0.05, 0.1) is 0 Å². The number of aromatic carboxylic acids is 1. The normalized spacial score (nSPS) is 14.8. The van der Waals surface area contributed by atoms with Gasteiger partial charge in [-0.05, 0) is 30.0 Å². The van der Waals surface area contributed by atoms with Crippen LogP contribution in [0.15, 0.2) is 30.3 Å². The monoisotopic (exact) mass is 228 g/mol. The van der Waals surface area contributed by atoms with Gasteiger partial charge < -0.3 is 5.11 Å². The first kappa shape index (κ1) is 10.1. The van der Waals surface area contributed by atoms with E-state index in [4.69, 9.17) is 5.11 Å². The molecule has 2 aromatic rings. The van der Waals surface area contributed by atoms with Gasteiger partial charge >= 0.3 is 5.97 Å². The van der Waals surface area contributed by atoms with Gasteiger partial charge in [0, 0.05) is 11.6 Å². The van der Waals surface area contributed by atoms with Crippen molar-refractivity contribution in [3.8, 4) is 0 Å². The van der Waals surface area contributed by atoms with Crippen LogP contribution in [0.2, 0.25) is 0 Å². The predicted molar refractivity (Wildman–Crippen MR) is 62.1 cm³/mol. The Morgan fingerprint density at radius 1 is 1.29 bits per heavy atom. The zero-order valence-corrected chi connectivity index (χ0v) is 9.18. The van der Waals surface area contributed by atoms with E-state index in [2.05, 4.69) is 22.3 Å². The third-order valence-electron chi connectivity index (χ3n) is 3.31. The third kappa shape index (κ3) is 1.71. The van der Waals surface area contributed by atoms with Crippen LogP contribution in [-0.2, 0) is 12.8 Å². The topological polar surface area (TPSA) is 66.0 Å². The zero-order chi connectivity index (χ0) is 11.8. The minimum absolute atomic E-state index is 0.0935. The molecule has 2 N–H and O–H groups in total. The number of H-pyrrole nitrogens is 1. The van der Waals surface area contributed by atoms with E-state index in [0.717, 1.165) is 18.5 Å². The molecule has 0 aliphatic heterocycles. The second-order valence-corrected chi connectivity index (χ2v) is 4.39. The molecule has 1 aliphatic rings. The number of hydrogen-bond acceptors (Lipinski definition) is 2. The lowest BCUT2D eigenvalue weighted by Crippen LogP contribution is -1.98. The van der Waals surface area contributed by atoms with Gasteiger partial charge in [-0.25, -0.2) is 4.79 Å². The molecule has 0 radical (unpaired) electrons. The van der Waals surface area contributed by atoms with Crippen LogP contribution in [0.5, 0.6) is 0 Å². The van der Waals surface area contributed by atoms with Gasteiger partial charge in [0.1, 0.15) is 0 Å². The molecule has 4 heteroatoms. The zero-order valence-electron chi connectivity index (χ0n) is 9.18. The van der Waals surface area contributed by atoms with Crippen LogP contribution in [0.4, 0.5) is 0 Å². The van der Waals surface area contributed by atoms with Gasteiger partial charge in [-0.2, -0.15) is 5.10 Å². The molecule has 0 saturated heterocycles. The number of fused-ring (bicyclic) bond motifs is 1. The summed E-state index contributed by atoms with van der Waals surface area (Å²) >= 11 is 0. The summed E-state index contributed by atoms with van der Waals surface area (Å²) in [6.45, 7) is 0. The summed E-state index contributed by atoms with van der Waals surface area (Å²) in [7, 11) is 0. The van der Waals surface area contributed by atoms with Gasteiger partial charge in [0.25, 0.3) is 0 Å². The summed E-state index contributed by atoms with van der Waals surface area (Å²) in [6.07, 6.45) is 1.91. The SMILES string of the molecule is O=C(O)c1cc(C2Cc3ccccc3C2)[nH]n1. The lowest BCUT2D eigenvalue weighted by molar-refractivity contribution is 0.0690. The summed E-state index contributed by atoms with van der Waals surface area (Å²) in [5.74, 6) is -0.656. The number of carbonyl (C=O) groups is 1. The summed E-state index contributed by atoms with van der Waals surface area (Å²) in [5, 5.41) is 15.5. The molecule has 0 spiro atoms. The maximum absolute atomic E-state index is 10.8. The molecule has 1 heterocycles. The quantitative estimate of drug-likeness (QED) is 0.826. The van der Waals surface area contributed by atoms with Crippen LogP contribution in [0.3, 0.4) is 0 Å². The predicted octanol–water partition coefficient (Wildman–Crippen LogP) is 1.99. The van der Waals surface area contributed by atoms with Crippen molar-refractivity contribution in [1.29, 1.82) is 0 Å². The third-order valence-corrected chi connectivity index (χ3v) is 3.31. The lowest BCUT2D eigenvalue weighted by Gasteiger charge is -2.04. The highest BCUT2D eigenvalue weighted by molar-refractivity contribution is 5.85. The molecule has 1 aromatic carbocycles. The van der Waals surface area contributed by atoms with Crippen molar-refractivity contribution in [3.63, 3.8) is 0 Å². The first-order valence-electron chi connectivity index (χ1n) is 5.59. The second kappa shape index (κ2) is 3.73. The van der Waals surface area contributed by atoms with Gasteiger partial charge in [-0.1, -0.05) is 24.3 Å². The van der Waals surface area contributed by atoms with E-state index in [1.807, 2.05) is 12.1 Å². The second-order valence-electron chi connectivity index (χ2n) is 4.39.